The van der Waals surface area contributed by atoms with Crippen LogP contribution >= 0.6 is 11.8 Å². The van der Waals surface area contributed by atoms with Crippen LogP contribution in [-0.4, -0.2) is 28.5 Å². The van der Waals surface area contributed by atoms with Gasteiger partial charge in [-0.3, -0.25) is 4.79 Å². The van der Waals surface area contributed by atoms with E-state index in [0.717, 1.165) is 19.3 Å². The van der Waals surface area contributed by atoms with Crippen LogP contribution < -0.4 is 0 Å². The first-order chi connectivity index (χ1) is 10.1. The standard InChI is InChI=1S/C17H32F2O2S/c1-6-8-10-14(15(20)21-16(3,4)5)22-13-9-12-17(18,19)11-7-2/h14H,6-13H2,1-5H3. The van der Waals surface area contributed by atoms with Crippen LogP contribution in [0.3, 0.4) is 0 Å². The maximum absolute atomic E-state index is 13.4. The summed E-state index contributed by atoms with van der Waals surface area (Å²) in [6, 6.07) is 0. The van der Waals surface area contributed by atoms with E-state index >= 15 is 0 Å². The van der Waals surface area contributed by atoms with Gasteiger partial charge < -0.3 is 4.74 Å². The van der Waals surface area contributed by atoms with Crippen LogP contribution in [0.25, 0.3) is 0 Å². The molecule has 132 valence electrons. The summed E-state index contributed by atoms with van der Waals surface area (Å²) in [7, 11) is 0. The number of carbonyl (C=O) groups is 1. The lowest BCUT2D eigenvalue weighted by molar-refractivity contribution is -0.154. The molecule has 0 aliphatic rings. The minimum atomic E-state index is -2.57. The Balaban J connectivity index is 4.28. The van der Waals surface area contributed by atoms with E-state index in [9.17, 15) is 13.6 Å². The Bertz CT molecular complexity index is 314. The fraction of sp³-hybridized carbons (Fsp3) is 0.941. The lowest BCUT2D eigenvalue weighted by Crippen LogP contribution is -2.30. The molecule has 5 heteroatoms. The molecule has 0 bridgehead atoms. The van der Waals surface area contributed by atoms with Gasteiger partial charge in [0.15, 0.2) is 0 Å². The van der Waals surface area contributed by atoms with Crippen LogP contribution in [0.15, 0.2) is 0 Å². The third kappa shape index (κ3) is 11.3. The normalized spacial score (nSPS) is 14.0. The third-order valence-electron chi connectivity index (χ3n) is 3.11. The van der Waals surface area contributed by atoms with Crippen molar-refractivity contribution in [3.63, 3.8) is 0 Å². The molecular weight excluding hydrogens is 306 g/mol. The first-order valence-corrected chi connectivity index (χ1v) is 9.38. The monoisotopic (exact) mass is 338 g/mol. The van der Waals surface area contributed by atoms with Gasteiger partial charge in [-0.05, 0) is 39.4 Å². The number of alkyl halides is 2. The molecule has 0 fully saturated rings. The topological polar surface area (TPSA) is 26.3 Å². The second-order valence-corrected chi connectivity index (χ2v) is 8.06. The molecule has 1 atom stereocenters. The molecule has 0 heterocycles. The Hall–Kier alpha value is -0.320. The van der Waals surface area contributed by atoms with E-state index in [2.05, 4.69) is 6.92 Å². The summed E-state index contributed by atoms with van der Waals surface area (Å²) in [5.74, 6) is -2.21. The highest BCUT2D eigenvalue weighted by atomic mass is 32.2. The van der Waals surface area contributed by atoms with E-state index < -0.39 is 11.5 Å². The van der Waals surface area contributed by atoms with Crippen molar-refractivity contribution in [3.05, 3.63) is 0 Å². The fourth-order valence-corrected chi connectivity index (χ4v) is 3.19. The van der Waals surface area contributed by atoms with Gasteiger partial charge in [0.05, 0.1) is 0 Å². The van der Waals surface area contributed by atoms with Crippen molar-refractivity contribution >= 4 is 17.7 Å². The predicted octanol–water partition coefficient (Wildman–Crippen LogP) is 5.84. The Kier molecular flexibility index (Phi) is 10.3. The first kappa shape index (κ1) is 21.7. The number of unbranched alkanes of at least 4 members (excludes halogenated alkanes) is 1. The number of rotatable bonds is 11. The van der Waals surface area contributed by atoms with Crippen molar-refractivity contribution in [1.82, 2.24) is 0 Å². The molecular formula is C17H32F2O2S. The number of carbonyl (C=O) groups excluding carboxylic acids is 1. The Morgan fingerprint density at radius 2 is 1.73 bits per heavy atom. The average Bonchev–Trinajstić information content (AvgIpc) is 2.35. The summed E-state index contributed by atoms with van der Waals surface area (Å²) < 4.78 is 32.3. The summed E-state index contributed by atoms with van der Waals surface area (Å²) in [4.78, 5) is 12.2. The van der Waals surface area contributed by atoms with E-state index in [1.807, 2.05) is 20.8 Å². The quantitative estimate of drug-likeness (QED) is 0.350. The van der Waals surface area contributed by atoms with Crippen LogP contribution in [0.5, 0.6) is 0 Å². The lowest BCUT2D eigenvalue weighted by Gasteiger charge is -2.24. The Morgan fingerprint density at radius 3 is 2.23 bits per heavy atom. The second kappa shape index (κ2) is 10.5. The zero-order valence-electron chi connectivity index (χ0n) is 14.7. The van der Waals surface area contributed by atoms with E-state index in [0.29, 0.717) is 18.6 Å². The van der Waals surface area contributed by atoms with Crippen LogP contribution in [0.1, 0.15) is 79.6 Å². The summed E-state index contributed by atoms with van der Waals surface area (Å²) in [5, 5.41) is -0.237. The summed E-state index contributed by atoms with van der Waals surface area (Å²) in [6.45, 7) is 9.38. The van der Waals surface area contributed by atoms with Gasteiger partial charge >= 0.3 is 5.97 Å². The number of halogens is 2. The number of thioether (sulfide) groups is 1. The third-order valence-corrected chi connectivity index (χ3v) is 4.47. The summed E-state index contributed by atoms with van der Waals surface area (Å²) in [6.07, 6.45) is 3.49. The summed E-state index contributed by atoms with van der Waals surface area (Å²) >= 11 is 1.46. The molecule has 0 aromatic rings. The molecule has 0 spiro atoms. The molecule has 0 N–H and O–H groups in total. The molecule has 0 radical (unpaired) electrons. The minimum Gasteiger partial charge on any atom is -0.459 e. The van der Waals surface area contributed by atoms with Crippen molar-refractivity contribution in [2.75, 3.05) is 5.75 Å². The molecule has 0 rings (SSSR count). The number of esters is 1. The van der Waals surface area contributed by atoms with Gasteiger partial charge in [-0.1, -0.05) is 33.1 Å². The molecule has 0 aromatic carbocycles. The Labute approximate surface area is 138 Å². The highest BCUT2D eigenvalue weighted by molar-refractivity contribution is 8.00. The van der Waals surface area contributed by atoms with Crippen molar-refractivity contribution in [2.45, 2.75) is 96.3 Å². The zero-order valence-corrected chi connectivity index (χ0v) is 15.5. The van der Waals surface area contributed by atoms with Crippen molar-refractivity contribution in [2.24, 2.45) is 0 Å². The highest BCUT2D eigenvalue weighted by Crippen LogP contribution is 2.28. The fourth-order valence-electron chi connectivity index (χ4n) is 2.07. The van der Waals surface area contributed by atoms with Gasteiger partial charge in [0, 0.05) is 12.8 Å². The molecule has 0 aliphatic heterocycles. The van der Waals surface area contributed by atoms with Gasteiger partial charge in [0.1, 0.15) is 10.9 Å². The lowest BCUT2D eigenvalue weighted by atomic mass is 10.1. The van der Waals surface area contributed by atoms with Crippen molar-refractivity contribution in [1.29, 1.82) is 0 Å². The zero-order chi connectivity index (χ0) is 17.2. The molecule has 0 saturated heterocycles. The van der Waals surface area contributed by atoms with E-state index in [-0.39, 0.29) is 24.1 Å². The molecule has 1 unspecified atom stereocenters. The molecule has 0 amide bonds. The first-order valence-electron chi connectivity index (χ1n) is 8.33. The van der Waals surface area contributed by atoms with Crippen LogP contribution in [0.4, 0.5) is 8.78 Å². The smallest absolute Gasteiger partial charge is 0.319 e. The maximum atomic E-state index is 13.4. The maximum Gasteiger partial charge on any atom is 0.319 e. The average molecular weight is 339 g/mol. The van der Waals surface area contributed by atoms with Crippen molar-refractivity contribution < 1.29 is 18.3 Å². The summed E-state index contributed by atoms with van der Waals surface area (Å²) in [5.41, 5.74) is -0.504. The Morgan fingerprint density at radius 1 is 1.09 bits per heavy atom. The molecule has 2 nitrogen and oxygen atoms in total. The van der Waals surface area contributed by atoms with Crippen LogP contribution in [0.2, 0.25) is 0 Å². The molecule has 22 heavy (non-hydrogen) atoms. The largest absolute Gasteiger partial charge is 0.459 e. The minimum absolute atomic E-state index is 0.0526. The van der Waals surface area contributed by atoms with Gasteiger partial charge in [0.25, 0.3) is 0 Å². The molecule has 0 saturated carbocycles. The van der Waals surface area contributed by atoms with Gasteiger partial charge in [-0.25, -0.2) is 8.78 Å². The van der Waals surface area contributed by atoms with Crippen molar-refractivity contribution in [3.8, 4) is 0 Å². The molecule has 0 aromatic heterocycles. The number of hydrogen-bond acceptors (Lipinski definition) is 3. The molecule has 0 aliphatic carbocycles. The van der Waals surface area contributed by atoms with Gasteiger partial charge in [-0.15, -0.1) is 11.8 Å². The van der Waals surface area contributed by atoms with Gasteiger partial charge in [0.2, 0.25) is 5.92 Å². The predicted molar refractivity (Wildman–Crippen MR) is 90.7 cm³/mol. The van der Waals surface area contributed by atoms with Gasteiger partial charge in [-0.2, -0.15) is 0 Å². The second-order valence-electron chi connectivity index (χ2n) is 6.74. The van der Waals surface area contributed by atoms with Crippen LogP contribution in [0, 0.1) is 0 Å². The van der Waals surface area contributed by atoms with Crippen LogP contribution in [-0.2, 0) is 9.53 Å². The van der Waals surface area contributed by atoms with E-state index in [1.54, 1.807) is 6.92 Å². The number of hydrogen-bond donors (Lipinski definition) is 0. The highest BCUT2D eigenvalue weighted by Gasteiger charge is 2.28. The SMILES string of the molecule is CCCCC(SCCCC(F)(F)CCC)C(=O)OC(C)(C)C. The van der Waals surface area contributed by atoms with E-state index in [4.69, 9.17) is 4.74 Å². The van der Waals surface area contributed by atoms with E-state index in [1.165, 1.54) is 11.8 Å². The number of ether oxygens (including phenoxy) is 1.